The van der Waals surface area contributed by atoms with Crippen molar-refractivity contribution < 1.29 is 10.2 Å². The van der Waals surface area contributed by atoms with Gasteiger partial charge in [0.25, 0.3) is 0 Å². The van der Waals surface area contributed by atoms with E-state index >= 15 is 0 Å². The highest BCUT2D eigenvalue weighted by atomic mass is 16.3. The first kappa shape index (κ1) is 10.9. The lowest BCUT2D eigenvalue weighted by Crippen LogP contribution is -1.86. The number of phenols is 2. The van der Waals surface area contributed by atoms with Crippen molar-refractivity contribution in [3.63, 3.8) is 0 Å². The average molecular weight is 194 g/mol. The summed E-state index contributed by atoms with van der Waals surface area (Å²) in [7, 11) is 0. The maximum Gasteiger partial charge on any atom is 0.160 e. The molecular formula is C12H18O2. The summed E-state index contributed by atoms with van der Waals surface area (Å²) >= 11 is 0. The molecule has 0 atom stereocenters. The normalized spacial score (nSPS) is 10.4. The van der Waals surface area contributed by atoms with Crippen LogP contribution in [0.15, 0.2) is 18.2 Å². The fraction of sp³-hybridized carbons (Fsp3) is 0.500. The summed E-state index contributed by atoms with van der Waals surface area (Å²) in [6.45, 7) is 2.17. The SMILES string of the molecule is CCCCCCc1cccc(O)c1O. The molecule has 0 saturated heterocycles. The third-order valence-electron chi connectivity index (χ3n) is 2.40. The molecule has 0 heterocycles. The first-order valence-corrected chi connectivity index (χ1v) is 5.25. The molecule has 1 rings (SSSR count). The summed E-state index contributed by atoms with van der Waals surface area (Å²) in [5.41, 5.74) is 0.848. The Morgan fingerprint density at radius 1 is 1.07 bits per heavy atom. The van der Waals surface area contributed by atoms with E-state index in [0.717, 1.165) is 18.4 Å². The summed E-state index contributed by atoms with van der Waals surface area (Å²) < 4.78 is 0. The minimum Gasteiger partial charge on any atom is -0.504 e. The fourth-order valence-electron chi connectivity index (χ4n) is 1.52. The number of rotatable bonds is 5. The lowest BCUT2D eigenvalue weighted by Gasteiger charge is -2.05. The van der Waals surface area contributed by atoms with Gasteiger partial charge in [-0.25, -0.2) is 0 Å². The minimum atomic E-state index is -0.0157. The Morgan fingerprint density at radius 2 is 1.86 bits per heavy atom. The smallest absolute Gasteiger partial charge is 0.160 e. The lowest BCUT2D eigenvalue weighted by molar-refractivity contribution is 0.398. The van der Waals surface area contributed by atoms with Gasteiger partial charge >= 0.3 is 0 Å². The monoisotopic (exact) mass is 194 g/mol. The molecule has 0 saturated carbocycles. The zero-order chi connectivity index (χ0) is 10.4. The van der Waals surface area contributed by atoms with Crippen molar-refractivity contribution in [3.05, 3.63) is 23.8 Å². The predicted octanol–water partition coefficient (Wildman–Crippen LogP) is 3.22. The van der Waals surface area contributed by atoms with Gasteiger partial charge in [-0.3, -0.25) is 0 Å². The van der Waals surface area contributed by atoms with Crippen LogP contribution in [0.2, 0.25) is 0 Å². The van der Waals surface area contributed by atoms with Crippen LogP contribution in [-0.2, 0) is 6.42 Å². The van der Waals surface area contributed by atoms with Crippen LogP contribution >= 0.6 is 0 Å². The first-order chi connectivity index (χ1) is 6.75. The Labute approximate surface area is 85.2 Å². The van der Waals surface area contributed by atoms with Gasteiger partial charge in [0.2, 0.25) is 0 Å². The van der Waals surface area contributed by atoms with E-state index in [2.05, 4.69) is 6.92 Å². The van der Waals surface area contributed by atoms with E-state index in [9.17, 15) is 10.2 Å². The number of hydrogen-bond acceptors (Lipinski definition) is 2. The molecule has 1 aromatic carbocycles. The average Bonchev–Trinajstić information content (AvgIpc) is 2.19. The second-order valence-corrected chi connectivity index (χ2v) is 3.60. The molecule has 0 aromatic heterocycles. The topological polar surface area (TPSA) is 40.5 Å². The van der Waals surface area contributed by atoms with Gasteiger partial charge < -0.3 is 10.2 Å². The first-order valence-electron chi connectivity index (χ1n) is 5.25. The van der Waals surface area contributed by atoms with Crippen LogP contribution in [0, 0.1) is 0 Å². The number of phenolic OH excluding ortho intramolecular Hbond substituents is 2. The van der Waals surface area contributed by atoms with Crippen LogP contribution in [0.5, 0.6) is 11.5 Å². The van der Waals surface area contributed by atoms with Crippen molar-refractivity contribution >= 4 is 0 Å². The van der Waals surface area contributed by atoms with Crippen LogP contribution in [0.1, 0.15) is 38.2 Å². The summed E-state index contributed by atoms with van der Waals surface area (Å²) in [5, 5.41) is 18.8. The summed E-state index contributed by atoms with van der Waals surface area (Å²) in [6, 6.07) is 5.14. The molecule has 0 aliphatic carbocycles. The van der Waals surface area contributed by atoms with E-state index in [0.29, 0.717) is 0 Å². The molecule has 14 heavy (non-hydrogen) atoms. The van der Waals surface area contributed by atoms with Gasteiger partial charge in [-0.15, -0.1) is 0 Å². The molecule has 0 aliphatic rings. The summed E-state index contributed by atoms with van der Waals surface area (Å²) in [4.78, 5) is 0. The molecule has 0 unspecified atom stereocenters. The quantitative estimate of drug-likeness (QED) is 0.558. The molecule has 0 bridgehead atoms. The van der Waals surface area contributed by atoms with Crippen LogP contribution in [0.4, 0.5) is 0 Å². The van der Waals surface area contributed by atoms with Crippen LogP contribution in [0.25, 0.3) is 0 Å². The number of benzene rings is 1. The molecule has 0 aliphatic heterocycles. The van der Waals surface area contributed by atoms with Gasteiger partial charge in [0.15, 0.2) is 11.5 Å². The molecule has 0 radical (unpaired) electrons. The summed E-state index contributed by atoms with van der Waals surface area (Å²) in [5.74, 6) is 0.0296. The van der Waals surface area contributed by atoms with Gasteiger partial charge in [0, 0.05) is 0 Å². The molecule has 0 amide bonds. The maximum atomic E-state index is 9.50. The Bertz CT molecular complexity index is 282. The minimum absolute atomic E-state index is 0.0157. The van der Waals surface area contributed by atoms with Gasteiger partial charge in [-0.05, 0) is 24.5 Å². The van der Waals surface area contributed by atoms with Crippen LogP contribution in [0.3, 0.4) is 0 Å². The Hall–Kier alpha value is -1.18. The Morgan fingerprint density at radius 3 is 2.57 bits per heavy atom. The number of para-hydroxylation sites is 1. The maximum absolute atomic E-state index is 9.50. The van der Waals surface area contributed by atoms with Crippen molar-refractivity contribution in [3.8, 4) is 11.5 Å². The zero-order valence-corrected chi connectivity index (χ0v) is 8.66. The highest BCUT2D eigenvalue weighted by Gasteiger charge is 2.04. The second kappa shape index (κ2) is 5.53. The number of unbranched alkanes of at least 4 members (excludes halogenated alkanes) is 3. The van der Waals surface area contributed by atoms with E-state index < -0.39 is 0 Å². The molecular weight excluding hydrogens is 176 g/mol. The number of aromatic hydroxyl groups is 2. The van der Waals surface area contributed by atoms with E-state index in [1.807, 2.05) is 6.07 Å². The molecule has 0 spiro atoms. The standard InChI is InChI=1S/C12H18O2/c1-2-3-4-5-7-10-8-6-9-11(13)12(10)14/h6,8-9,13-14H,2-5,7H2,1H3. The largest absolute Gasteiger partial charge is 0.504 e. The molecule has 2 heteroatoms. The zero-order valence-electron chi connectivity index (χ0n) is 8.66. The van der Waals surface area contributed by atoms with Gasteiger partial charge in [0.05, 0.1) is 0 Å². The summed E-state index contributed by atoms with van der Waals surface area (Å²) in [6.07, 6.45) is 5.56. The Balaban J connectivity index is 2.46. The van der Waals surface area contributed by atoms with Crippen molar-refractivity contribution in [2.45, 2.75) is 39.0 Å². The number of aryl methyl sites for hydroxylation is 1. The molecule has 0 fully saturated rings. The fourth-order valence-corrected chi connectivity index (χ4v) is 1.52. The second-order valence-electron chi connectivity index (χ2n) is 3.60. The molecule has 78 valence electrons. The third-order valence-corrected chi connectivity index (χ3v) is 2.40. The van der Waals surface area contributed by atoms with E-state index in [4.69, 9.17) is 0 Å². The lowest BCUT2D eigenvalue weighted by atomic mass is 10.1. The van der Waals surface area contributed by atoms with E-state index in [1.54, 1.807) is 6.07 Å². The van der Waals surface area contributed by atoms with Crippen LogP contribution < -0.4 is 0 Å². The van der Waals surface area contributed by atoms with Crippen LogP contribution in [-0.4, -0.2) is 10.2 Å². The van der Waals surface area contributed by atoms with Gasteiger partial charge in [0.1, 0.15) is 0 Å². The van der Waals surface area contributed by atoms with Gasteiger partial charge in [-0.1, -0.05) is 38.3 Å². The van der Waals surface area contributed by atoms with Crippen molar-refractivity contribution in [1.82, 2.24) is 0 Å². The third kappa shape index (κ3) is 2.95. The highest BCUT2D eigenvalue weighted by molar-refractivity contribution is 5.44. The Kier molecular flexibility index (Phi) is 4.30. The molecule has 1 aromatic rings. The van der Waals surface area contributed by atoms with E-state index in [-0.39, 0.29) is 11.5 Å². The van der Waals surface area contributed by atoms with Gasteiger partial charge in [-0.2, -0.15) is 0 Å². The highest BCUT2D eigenvalue weighted by Crippen LogP contribution is 2.29. The van der Waals surface area contributed by atoms with Crippen molar-refractivity contribution in [1.29, 1.82) is 0 Å². The van der Waals surface area contributed by atoms with Crippen molar-refractivity contribution in [2.24, 2.45) is 0 Å². The van der Waals surface area contributed by atoms with Crippen molar-refractivity contribution in [2.75, 3.05) is 0 Å². The molecule has 2 nitrogen and oxygen atoms in total. The number of hydrogen-bond donors (Lipinski definition) is 2. The van der Waals surface area contributed by atoms with E-state index in [1.165, 1.54) is 25.3 Å². The molecule has 2 N–H and O–H groups in total. The predicted molar refractivity (Wildman–Crippen MR) is 57.6 cm³/mol.